The molecule has 5 aromatic rings. The first-order valence-corrected chi connectivity index (χ1v) is 27.1. The molecule has 3 fully saturated rings. The summed E-state index contributed by atoms with van der Waals surface area (Å²) < 4.78 is 55.0. The molecule has 3 aliphatic rings. The summed E-state index contributed by atoms with van der Waals surface area (Å²) in [6.45, 7) is 19.0. The van der Waals surface area contributed by atoms with Crippen LogP contribution in [0.25, 0.3) is 10.9 Å². The minimum absolute atomic E-state index is 0.0368. The summed E-state index contributed by atoms with van der Waals surface area (Å²) in [7, 11) is 4.98. The molecule has 1 saturated carbocycles. The topological polar surface area (TPSA) is 189 Å². The average Bonchev–Trinajstić information content (AvgIpc) is 3.77. The lowest BCUT2D eigenvalue weighted by Crippen LogP contribution is -2.54. The van der Waals surface area contributed by atoms with Gasteiger partial charge in [-0.05, 0) is 147 Å². The van der Waals surface area contributed by atoms with E-state index < -0.39 is 29.9 Å². The van der Waals surface area contributed by atoms with Crippen molar-refractivity contribution in [2.45, 2.75) is 144 Å². The third-order valence-corrected chi connectivity index (χ3v) is 16.8. The fourth-order valence-corrected chi connectivity index (χ4v) is 12.6. The van der Waals surface area contributed by atoms with E-state index in [0.29, 0.717) is 83.9 Å². The van der Waals surface area contributed by atoms with Gasteiger partial charge in [-0.15, -0.1) is 0 Å². The number of benzene rings is 2. The molecule has 17 nitrogen and oxygen atoms in total. The zero-order valence-corrected chi connectivity index (χ0v) is 46.6. The van der Waals surface area contributed by atoms with Crippen LogP contribution in [0.5, 0.6) is 0 Å². The molecule has 0 radical (unpaired) electrons. The summed E-state index contributed by atoms with van der Waals surface area (Å²) in [4.78, 5) is 66.8. The molecule has 1 aliphatic carbocycles. The molecule has 1 unspecified atom stereocenters. The Morgan fingerprint density at radius 1 is 0.831 bits per heavy atom. The second-order valence-electron chi connectivity index (χ2n) is 21.4. The van der Waals surface area contributed by atoms with Crippen LogP contribution in [-0.2, 0) is 24.9 Å². The standard InChI is InChI=1S/C57H77F3N12O5/c1-12-70(51-37(8)43(25-49-47(51)29-65-68(49)11)53(74)63-27-45-32(3)22-34(5)66-54(45)75)39-16-14-38(15-17-39)67(10)56(57(58,59)60)72-35(6)23-33(4)46(55(72)76)28-64-52(73)42-24-48(62-9)44(26-61)50(36(42)7)71(13-2)40-18-20-69(21-19-40)41-30-77-31-41/h22-26,29,38-41,56,61-62H,12-21,27-28,30-31H2,1-11H3,(H,63,74)(H,64,73)(H,66,75). The van der Waals surface area contributed by atoms with Crippen molar-refractivity contribution in [2.75, 3.05) is 68.6 Å². The Bertz CT molecular complexity index is 3150. The molecule has 3 aromatic heterocycles. The lowest BCUT2D eigenvalue weighted by atomic mass is 9.88. The molecule has 2 amide bonds. The minimum atomic E-state index is -4.85. The van der Waals surface area contributed by atoms with E-state index in [1.807, 2.05) is 33.8 Å². The number of alkyl halides is 3. The number of aromatic nitrogens is 4. The van der Waals surface area contributed by atoms with Crippen LogP contribution < -0.4 is 36.9 Å². The summed E-state index contributed by atoms with van der Waals surface area (Å²) in [5, 5.41) is 22.9. The summed E-state index contributed by atoms with van der Waals surface area (Å²) in [5.41, 5.74) is 7.34. The maximum atomic E-state index is 15.7. The van der Waals surface area contributed by atoms with Gasteiger partial charge in [0, 0.05) is 128 Å². The molecule has 8 rings (SSSR count). The van der Waals surface area contributed by atoms with Crippen LogP contribution in [0.1, 0.15) is 130 Å². The second kappa shape index (κ2) is 23.2. The summed E-state index contributed by atoms with van der Waals surface area (Å²) in [5.74, 6) is -0.832. The Kier molecular flexibility index (Phi) is 17.1. The van der Waals surface area contributed by atoms with Crippen molar-refractivity contribution in [3.63, 3.8) is 0 Å². The van der Waals surface area contributed by atoms with Gasteiger partial charge < -0.3 is 40.9 Å². The lowest BCUT2D eigenvalue weighted by Gasteiger charge is -2.45. The van der Waals surface area contributed by atoms with E-state index >= 15 is 13.2 Å². The number of hydrogen-bond acceptors (Lipinski definition) is 12. The number of amides is 2. The van der Waals surface area contributed by atoms with E-state index in [2.05, 4.69) is 47.7 Å². The molecule has 1 atom stereocenters. The molecule has 77 heavy (non-hydrogen) atoms. The predicted molar refractivity (Wildman–Crippen MR) is 297 cm³/mol. The summed E-state index contributed by atoms with van der Waals surface area (Å²) in [6, 6.07) is 6.95. The van der Waals surface area contributed by atoms with Gasteiger partial charge in [0.25, 0.3) is 22.9 Å². The molecule has 5 N–H and O–H groups in total. The maximum Gasteiger partial charge on any atom is 0.422 e. The van der Waals surface area contributed by atoms with Crippen molar-refractivity contribution in [3.05, 3.63) is 113 Å². The van der Waals surface area contributed by atoms with Crippen LogP contribution in [0.15, 0.2) is 40.1 Å². The number of likely N-dealkylation sites (tertiary alicyclic amines) is 1. The number of aryl methyl sites for hydroxylation is 5. The number of fused-ring (bicyclic) bond motifs is 1. The zero-order chi connectivity index (χ0) is 55.8. The Hall–Kier alpha value is -6.51. The Morgan fingerprint density at radius 2 is 1.39 bits per heavy atom. The quantitative estimate of drug-likeness (QED) is 0.0542. The number of nitrogens with one attached hydrogen (secondary N) is 5. The number of anilines is 3. The normalized spacial score (nSPS) is 18.1. The molecule has 2 saturated heterocycles. The third-order valence-electron chi connectivity index (χ3n) is 16.8. The molecule has 2 aliphatic heterocycles. The largest absolute Gasteiger partial charge is 0.422 e. The van der Waals surface area contributed by atoms with Gasteiger partial charge in [-0.2, -0.15) is 18.3 Å². The van der Waals surface area contributed by atoms with Gasteiger partial charge in [-0.1, -0.05) is 0 Å². The van der Waals surface area contributed by atoms with Crippen molar-refractivity contribution in [1.82, 2.24) is 39.8 Å². The Labute approximate surface area is 449 Å². The number of rotatable bonds is 18. The van der Waals surface area contributed by atoms with E-state index in [1.54, 1.807) is 57.0 Å². The van der Waals surface area contributed by atoms with Gasteiger partial charge in [0.1, 0.15) is 0 Å². The molecular weight excluding hydrogens is 990 g/mol. The number of H-pyrrole nitrogens is 1. The number of carbonyl (C=O) groups excluding carboxylic acids is 2. The van der Waals surface area contributed by atoms with Gasteiger partial charge in [0.2, 0.25) is 0 Å². The molecule has 2 aromatic carbocycles. The van der Waals surface area contributed by atoms with E-state index in [1.165, 1.54) is 25.1 Å². The van der Waals surface area contributed by atoms with Crippen LogP contribution in [0.3, 0.4) is 0 Å². The monoisotopic (exact) mass is 1070 g/mol. The number of carbonyl (C=O) groups is 2. The molecule has 5 heterocycles. The van der Waals surface area contributed by atoms with Gasteiger partial charge >= 0.3 is 6.18 Å². The van der Waals surface area contributed by atoms with Crippen LogP contribution in [0.2, 0.25) is 0 Å². The first-order valence-electron chi connectivity index (χ1n) is 27.1. The molecular formula is C57H77F3N12O5. The van der Waals surface area contributed by atoms with E-state index in [0.717, 1.165) is 82.8 Å². The van der Waals surface area contributed by atoms with Crippen LogP contribution in [-0.4, -0.2) is 131 Å². The van der Waals surface area contributed by atoms with Crippen molar-refractivity contribution < 1.29 is 27.5 Å². The van der Waals surface area contributed by atoms with Crippen LogP contribution >= 0.6 is 0 Å². The summed E-state index contributed by atoms with van der Waals surface area (Å²) >= 11 is 0. The highest BCUT2D eigenvalue weighted by Crippen LogP contribution is 2.42. The molecule has 0 bridgehead atoms. The highest BCUT2D eigenvalue weighted by Gasteiger charge is 2.48. The molecule has 416 valence electrons. The number of nitrogens with zero attached hydrogens (tertiary/aromatic N) is 7. The smallest absolute Gasteiger partial charge is 0.388 e. The SMILES string of the molecule is CCN(c1c(C)c(C(=O)NCc2c(C)cc(C)n(C(N(C)C3CCC(N(CC)c4c(C)c(C(=O)NCc5c(C)cc(C)[nH]c5=O)cc5c4cnn5C)CC3)C(F)(F)F)c2=O)cc(NC)c1C=N)C1CCN(C2COC2)CC1. The van der Waals surface area contributed by atoms with Crippen molar-refractivity contribution in [3.8, 4) is 0 Å². The molecule has 20 heteroatoms. The fourth-order valence-electron chi connectivity index (χ4n) is 12.6. The highest BCUT2D eigenvalue weighted by molar-refractivity contribution is 6.05. The van der Waals surface area contributed by atoms with Crippen molar-refractivity contribution in [1.29, 1.82) is 5.41 Å². The average molecular weight is 1070 g/mol. The Morgan fingerprint density at radius 3 is 1.95 bits per heavy atom. The van der Waals surface area contributed by atoms with Gasteiger partial charge in [0.15, 0.2) is 6.17 Å². The van der Waals surface area contributed by atoms with Crippen LogP contribution in [0, 0.1) is 47.0 Å². The van der Waals surface area contributed by atoms with E-state index in [-0.39, 0.29) is 47.9 Å². The second-order valence-corrected chi connectivity index (χ2v) is 21.4. The number of pyridine rings is 2. The van der Waals surface area contributed by atoms with Crippen molar-refractivity contribution in [2.24, 2.45) is 7.05 Å². The number of piperidine rings is 1. The Balaban J connectivity index is 1.01. The first kappa shape index (κ1) is 56.7. The predicted octanol–water partition coefficient (Wildman–Crippen LogP) is 7.69. The van der Waals surface area contributed by atoms with Gasteiger partial charge in [-0.25, -0.2) is 0 Å². The number of halogens is 3. The first-order chi connectivity index (χ1) is 36.6. The molecule has 0 spiro atoms. The number of ether oxygens (including phenoxy) is 1. The van der Waals surface area contributed by atoms with Gasteiger partial charge in [0.05, 0.1) is 42.3 Å². The minimum Gasteiger partial charge on any atom is -0.388 e. The van der Waals surface area contributed by atoms with E-state index in [4.69, 9.17) is 10.1 Å². The lowest BCUT2D eigenvalue weighted by molar-refractivity contribution is -0.213. The number of hydrogen-bond donors (Lipinski definition) is 5. The highest BCUT2D eigenvalue weighted by atomic mass is 19.4. The van der Waals surface area contributed by atoms with Crippen LogP contribution in [0.4, 0.5) is 30.2 Å². The zero-order valence-electron chi connectivity index (χ0n) is 46.6. The van der Waals surface area contributed by atoms with E-state index in [9.17, 15) is 19.2 Å². The third kappa shape index (κ3) is 11.1. The number of aromatic amines is 1. The summed E-state index contributed by atoms with van der Waals surface area (Å²) in [6.07, 6.45) is -0.326. The van der Waals surface area contributed by atoms with Gasteiger partial charge in [-0.3, -0.25) is 38.2 Å². The maximum absolute atomic E-state index is 15.7. The fraction of sp³-hybridized carbons (Fsp3) is 0.544. The van der Waals surface area contributed by atoms with Crippen molar-refractivity contribution >= 4 is 46.0 Å².